The molecule has 0 saturated carbocycles. The quantitative estimate of drug-likeness (QED) is 0.473. The maximum atomic E-state index is 12.6. The Morgan fingerprint density at radius 1 is 0.929 bits per heavy atom. The number of thiazole rings is 1. The number of nitrogens with zero attached hydrogens (tertiary/aromatic N) is 1. The van der Waals surface area contributed by atoms with Crippen molar-refractivity contribution < 1.29 is 9.59 Å². The van der Waals surface area contributed by atoms with Crippen molar-refractivity contribution in [1.82, 2.24) is 4.98 Å². The zero-order chi connectivity index (χ0) is 20.3. The van der Waals surface area contributed by atoms with Gasteiger partial charge >= 0.3 is 6.03 Å². The van der Waals surface area contributed by atoms with Crippen molar-refractivity contribution in [3.05, 3.63) is 68.6 Å². The number of anilines is 3. The topological polar surface area (TPSA) is 83.1 Å². The maximum absolute atomic E-state index is 12.6. The number of hydrogen-bond acceptors (Lipinski definition) is 4. The standard InChI is InChI=1S/C19H16Cl2N4O2S/c1-10-3-4-13(21)9-15(10)24-17(26)16-11(2)22-19(28-16)25-18(27)23-14-7-5-12(20)6-8-14/h3-9H,1-2H3,(H,24,26)(H2,22,23,25,27). The van der Waals surface area contributed by atoms with E-state index in [0.717, 1.165) is 16.9 Å². The van der Waals surface area contributed by atoms with Gasteiger partial charge in [-0.05, 0) is 55.8 Å². The van der Waals surface area contributed by atoms with E-state index >= 15 is 0 Å². The molecule has 2 aromatic carbocycles. The minimum atomic E-state index is -0.464. The Kier molecular flexibility index (Phi) is 6.18. The van der Waals surface area contributed by atoms with Crippen LogP contribution in [-0.2, 0) is 0 Å². The number of carbonyl (C=O) groups is 2. The van der Waals surface area contributed by atoms with Gasteiger partial charge in [-0.15, -0.1) is 0 Å². The zero-order valence-corrected chi connectivity index (χ0v) is 17.3. The third kappa shape index (κ3) is 5.01. The molecule has 0 spiro atoms. The molecule has 28 heavy (non-hydrogen) atoms. The summed E-state index contributed by atoms with van der Waals surface area (Å²) in [4.78, 5) is 29.4. The minimum absolute atomic E-state index is 0.313. The average molecular weight is 435 g/mol. The van der Waals surface area contributed by atoms with E-state index in [1.165, 1.54) is 0 Å². The lowest BCUT2D eigenvalue weighted by Gasteiger charge is -2.08. The largest absolute Gasteiger partial charge is 0.325 e. The summed E-state index contributed by atoms with van der Waals surface area (Å²) in [5.74, 6) is -0.313. The number of amides is 3. The van der Waals surface area contributed by atoms with Crippen molar-refractivity contribution in [1.29, 1.82) is 0 Å². The second kappa shape index (κ2) is 8.60. The van der Waals surface area contributed by atoms with Gasteiger partial charge in [0, 0.05) is 21.4 Å². The normalized spacial score (nSPS) is 10.4. The molecule has 0 atom stereocenters. The highest BCUT2D eigenvalue weighted by Gasteiger charge is 2.17. The van der Waals surface area contributed by atoms with E-state index in [4.69, 9.17) is 23.2 Å². The lowest BCUT2D eigenvalue weighted by molar-refractivity contribution is 0.102. The highest BCUT2D eigenvalue weighted by Crippen LogP contribution is 2.26. The Balaban J connectivity index is 1.68. The van der Waals surface area contributed by atoms with Crippen molar-refractivity contribution in [3.8, 4) is 0 Å². The Hall–Kier alpha value is -2.61. The number of benzene rings is 2. The van der Waals surface area contributed by atoms with E-state index in [2.05, 4.69) is 20.9 Å². The molecule has 1 aromatic heterocycles. The number of rotatable bonds is 4. The van der Waals surface area contributed by atoms with E-state index in [-0.39, 0.29) is 5.91 Å². The maximum Gasteiger partial charge on any atom is 0.325 e. The second-order valence-electron chi connectivity index (χ2n) is 5.93. The first-order chi connectivity index (χ1) is 13.3. The van der Waals surface area contributed by atoms with Crippen LogP contribution in [0, 0.1) is 13.8 Å². The second-order valence-corrected chi connectivity index (χ2v) is 7.80. The van der Waals surface area contributed by atoms with Crippen LogP contribution in [0.15, 0.2) is 42.5 Å². The molecule has 3 N–H and O–H groups in total. The summed E-state index contributed by atoms with van der Waals surface area (Å²) >= 11 is 12.9. The Morgan fingerprint density at radius 3 is 2.32 bits per heavy atom. The van der Waals surface area contributed by atoms with Gasteiger partial charge < -0.3 is 10.6 Å². The van der Waals surface area contributed by atoms with E-state index in [1.54, 1.807) is 43.3 Å². The van der Waals surface area contributed by atoms with E-state index in [9.17, 15) is 9.59 Å². The molecule has 0 bridgehead atoms. The molecule has 0 fully saturated rings. The van der Waals surface area contributed by atoms with E-state index in [1.807, 2.05) is 13.0 Å². The molecule has 3 amide bonds. The molecule has 0 radical (unpaired) electrons. The number of aryl methyl sites for hydroxylation is 2. The van der Waals surface area contributed by atoms with Crippen molar-refractivity contribution in [2.75, 3.05) is 16.0 Å². The molecule has 0 aliphatic carbocycles. The van der Waals surface area contributed by atoms with Gasteiger partial charge in [0.25, 0.3) is 5.91 Å². The number of aromatic nitrogens is 1. The third-order valence-electron chi connectivity index (χ3n) is 3.77. The molecule has 0 unspecified atom stereocenters. The van der Waals surface area contributed by atoms with Crippen LogP contribution in [0.5, 0.6) is 0 Å². The minimum Gasteiger partial charge on any atom is -0.321 e. The van der Waals surface area contributed by atoms with Crippen molar-refractivity contribution in [2.45, 2.75) is 13.8 Å². The van der Waals surface area contributed by atoms with Gasteiger partial charge in [0.1, 0.15) is 4.88 Å². The van der Waals surface area contributed by atoms with E-state index < -0.39 is 6.03 Å². The lowest BCUT2D eigenvalue weighted by Crippen LogP contribution is -2.19. The number of urea groups is 1. The highest BCUT2D eigenvalue weighted by molar-refractivity contribution is 7.17. The Bertz CT molecular complexity index is 1030. The van der Waals surface area contributed by atoms with Gasteiger partial charge in [0.15, 0.2) is 5.13 Å². The van der Waals surface area contributed by atoms with Crippen molar-refractivity contribution in [2.24, 2.45) is 0 Å². The molecule has 3 aromatic rings. The first-order valence-electron chi connectivity index (χ1n) is 8.20. The highest BCUT2D eigenvalue weighted by atomic mass is 35.5. The molecule has 0 saturated heterocycles. The average Bonchev–Trinajstić information content (AvgIpc) is 3.00. The van der Waals surface area contributed by atoms with Crippen LogP contribution < -0.4 is 16.0 Å². The van der Waals surface area contributed by atoms with Gasteiger partial charge in [-0.2, -0.15) is 0 Å². The van der Waals surface area contributed by atoms with Crippen LogP contribution in [0.4, 0.5) is 21.3 Å². The van der Waals surface area contributed by atoms with Gasteiger partial charge in [-0.25, -0.2) is 9.78 Å². The van der Waals surface area contributed by atoms with Gasteiger partial charge in [0.05, 0.1) is 5.69 Å². The summed E-state index contributed by atoms with van der Waals surface area (Å²) < 4.78 is 0. The fourth-order valence-corrected chi connectivity index (χ4v) is 3.52. The smallest absolute Gasteiger partial charge is 0.321 e. The summed E-state index contributed by atoms with van der Waals surface area (Å²) in [7, 11) is 0. The molecular weight excluding hydrogens is 419 g/mol. The summed E-state index contributed by atoms with van der Waals surface area (Å²) in [5.41, 5.74) is 2.62. The molecule has 6 nitrogen and oxygen atoms in total. The molecule has 1 heterocycles. The first kappa shape index (κ1) is 20.1. The van der Waals surface area contributed by atoms with Gasteiger partial charge in [-0.1, -0.05) is 40.6 Å². The molecule has 0 aliphatic rings. The van der Waals surface area contributed by atoms with Crippen LogP contribution in [-0.4, -0.2) is 16.9 Å². The van der Waals surface area contributed by atoms with Gasteiger partial charge in [-0.3, -0.25) is 10.1 Å². The molecule has 144 valence electrons. The Labute approximate surface area is 175 Å². The molecule has 0 aliphatic heterocycles. The van der Waals surface area contributed by atoms with Crippen LogP contribution in [0.2, 0.25) is 10.0 Å². The van der Waals surface area contributed by atoms with Crippen LogP contribution in [0.3, 0.4) is 0 Å². The number of hydrogen-bond donors (Lipinski definition) is 3. The summed E-state index contributed by atoms with van der Waals surface area (Å²) in [6.07, 6.45) is 0. The first-order valence-corrected chi connectivity index (χ1v) is 9.77. The number of carbonyl (C=O) groups excluding carboxylic acids is 2. The molecule has 9 heteroatoms. The van der Waals surface area contributed by atoms with Crippen LogP contribution >= 0.6 is 34.5 Å². The Morgan fingerprint density at radius 2 is 1.61 bits per heavy atom. The fourth-order valence-electron chi connectivity index (χ4n) is 2.36. The predicted molar refractivity (Wildman–Crippen MR) is 115 cm³/mol. The SMILES string of the molecule is Cc1ccc(Cl)cc1NC(=O)c1sc(NC(=O)Nc2ccc(Cl)cc2)nc1C. The van der Waals surface area contributed by atoms with Gasteiger partial charge in [0.2, 0.25) is 0 Å². The third-order valence-corrected chi connectivity index (χ3v) is 5.33. The predicted octanol–water partition coefficient (Wildman–Crippen LogP) is 5.96. The monoisotopic (exact) mass is 434 g/mol. The van der Waals surface area contributed by atoms with E-state index in [0.29, 0.717) is 37.1 Å². The summed E-state index contributed by atoms with van der Waals surface area (Å²) in [6.45, 7) is 3.58. The number of halogens is 2. The van der Waals surface area contributed by atoms with Crippen LogP contribution in [0.25, 0.3) is 0 Å². The molecule has 3 rings (SSSR count). The fraction of sp³-hybridized carbons (Fsp3) is 0.105. The summed E-state index contributed by atoms with van der Waals surface area (Å²) in [5, 5.41) is 9.55. The number of nitrogens with one attached hydrogen (secondary N) is 3. The zero-order valence-electron chi connectivity index (χ0n) is 15.0. The van der Waals surface area contributed by atoms with Crippen LogP contribution in [0.1, 0.15) is 20.9 Å². The lowest BCUT2D eigenvalue weighted by atomic mass is 10.2. The van der Waals surface area contributed by atoms with Crippen molar-refractivity contribution in [3.63, 3.8) is 0 Å². The van der Waals surface area contributed by atoms with Crippen molar-refractivity contribution >= 4 is 63.0 Å². The molecular formula is C19H16Cl2N4O2S. The summed E-state index contributed by atoms with van der Waals surface area (Å²) in [6, 6.07) is 11.5.